The molecule has 1 saturated heterocycles. The molecule has 0 saturated carbocycles. The van der Waals surface area contributed by atoms with Crippen molar-refractivity contribution < 1.29 is 5.11 Å². The minimum absolute atomic E-state index is 0.231. The number of nitrogens with zero attached hydrogens (tertiary/aromatic N) is 3. The lowest BCUT2D eigenvalue weighted by molar-refractivity contribution is 0.260. The molecular weight excluding hydrogens is 276 g/mol. The van der Waals surface area contributed by atoms with Crippen LogP contribution in [0.5, 0.6) is 5.75 Å². The van der Waals surface area contributed by atoms with E-state index >= 15 is 0 Å². The van der Waals surface area contributed by atoms with E-state index in [2.05, 4.69) is 27.5 Å². The van der Waals surface area contributed by atoms with Crippen LogP contribution in [0.1, 0.15) is 18.4 Å². The summed E-state index contributed by atoms with van der Waals surface area (Å²) in [6.45, 7) is 4.18. The first-order chi connectivity index (χ1) is 10.6. The summed E-state index contributed by atoms with van der Waals surface area (Å²) in [5.41, 5.74) is 2.49. The van der Waals surface area contributed by atoms with E-state index in [1.807, 2.05) is 31.2 Å². The molecule has 2 heterocycles. The van der Waals surface area contributed by atoms with Crippen molar-refractivity contribution in [1.29, 1.82) is 0 Å². The summed E-state index contributed by atoms with van der Waals surface area (Å²) in [7, 11) is 2.14. The van der Waals surface area contributed by atoms with Gasteiger partial charge in [-0.1, -0.05) is 11.6 Å². The summed E-state index contributed by atoms with van der Waals surface area (Å²) in [6, 6.07) is 9.74. The van der Waals surface area contributed by atoms with Crippen LogP contribution < -0.4 is 5.32 Å². The van der Waals surface area contributed by atoms with Gasteiger partial charge in [0.2, 0.25) is 0 Å². The van der Waals surface area contributed by atoms with E-state index in [1.54, 1.807) is 6.07 Å². The van der Waals surface area contributed by atoms with E-state index in [0.717, 1.165) is 36.5 Å². The molecule has 1 aromatic carbocycles. The Kier molecular flexibility index (Phi) is 4.24. The van der Waals surface area contributed by atoms with Gasteiger partial charge in [0.15, 0.2) is 0 Å². The highest BCUT2D eigenvalue weighted by Gasteiger charge is 2.17. The Morgan fingerprint density at radius 2 is 2.09 bits per heavy atom. The molecule has 1 aliphatic rings. The highest BCUT2D eigenvalue weighted by atomic mass is 16.3. The fraction of sp³-hybridized carbons (Fsp3) is 0.412. The number of hydrogen-bond acceptors (Lipinski definition) is 5. The summed E-state index contributed by atoms with van der Waals surface area (Å²) < 4.78 is 0. The fourth-order valence-electron chi connectivity index (χ4n) is 2.90. The third-order valence-electron chi connectivity index (χ3n) is 4.07. The standard InChI is InChI=1S/C17H22N4O/c1-12-5-7-16(22)14(10-12)15-6-8-17(20-19-15)18-13-4-3-9-21(2)11-13/h5-8,10,13,22H,3-4,9,11H2,1-2H3,(H,18,20)/t13-/m1/s1. The zero-order valence-electron chi connectivity index (χ0n) is 13.1. The van der Waals surface area contributed by atoms with Gasteiger partial charge in [-0.2, -0.15) is 0 Å². The van der Waals surface area contributed by atoms with Crippen LogP contribution in [0.3, 0.4) is 0 Å². The maximum absolute atomic E-state index is 9.96. The smallest absolute Gasteiger partial charge is 0.148 e. The van der Waals surface area contributed by atoms with E-state index in [-0.39, 0.29) is 5.75 Å². The van der Waals surface area contributed by atoms with Gasteiger partial charge < -0.3 is 15.3 Å². The number of likely N-dealkylation sites (N-methyl/N-ethyl adjacent to an activating group) is 1. The first-order valence-electron chi connectivity index (χ1n) is 7.70. The molecule has 1 fully saturated rings. The Morgan fingerprint density at radius 3 is 2.82 bits per heavy atom. The van der Waals surface area contributed by atoms with Gasteiger partial charge in [0.05, 0.1) is 5.69 Å². The fourth-order valence-corrected chi connectivity index (χ4v) is 2.90. The monoisotopic (exact) mass is 298 g/mol. The Morgan fingerprint density at radius 1 is 1.23 bits per heavy atom. The normalized spacial score (nSPS) is 19.1. The number of anilines is 1. The molecule has 1 aromatic heterocycles. The number of aromatic nitrogens is 2. The van der Waals surface area contributed by atoms with Gasteiger partial charge in [0.1, 0.15) is 11.6 Å². The second-order valence-corrected chi connectivity index (χ2v) is 6.07. The molecule has 0 spiro atoms. The van der Waals surface area contributed by atoms with Gasteiger partial charge in [-0.3, -0.25) is 0 Å². The number of nitrogens with one attached hydrogen (secondary N) is 1. The number of phenols is 1. The van der Waals surface area contributed by atoms with Crippen LogP contribution in [-0.2, 0) is 0 Å². The number of aryl methyl sites for hydroxylation is 1. The van der Waals surface area contributed by atoms with Crippen molar-refractivity contribution in [1.82, 2.24) is 15.1 Å². The second kappa shape index (κ2) is 6.32. The van der Waals surface area contributed by atoms with Gasteiger partial charge in [-0.05, 0) is 57.6 Å². The predicted molar refractivity (Wildman–Crippen MR) is 88.0 cm³/mol. The van der Waals surface area contributed by atoms with E-state index in [1.165, 1.54) is 6.42 Å². The molecule has 0 unspecified atom stereocenters. The Hall–Kier alpha value is -2.14. The molecule has 2 aromatic rings. The molecule has 1 atom stereocenters. The van der Waals surface area contributed by atoms with Crippen LogP contribution in [0.4, 0.5) is 5.82 Å². The van der Waals surface area contributed by atoms with E-state index in [9.17, 15) is 5.11 Å². The number of aromatic hydroxyl groups is 1. The number of likely N-dealkylation sites (tertiary alicyclic amines) is 1. The van der Waals surface area contributed by atoms with Crippen LogP contribution >= 0.6 is 0 Å². The molecule has 2 N–H and O–H groups in total. The Bertz CT molecular complexity index is 642. The highest BCUT2D eigenvalue weighted by molar-refractivity contribution is 5.67. The van der Waals surface area contributed by atoms with Crippen molar-refractivity contribution in [2.75, 3.05) is 25.5 Å². The van der Waals surface area contributed by atoms with E-state index < -0.39 is 0 Å². The van der Waals surface area contributed by atoms with Crippen LogP contribution in [0.15, 0.2) is 30.3 Å². The zero-order chi connectivity index (χ0) is 15.5. The van der Waals surface area contributed by atoms with Gasteiger partial charge >= 0.3 is 0 Å². The van der Waals surface area contributed by atoms with Crippen LogP contribution in [0.25, 0.3) is 11.3 Å². The van der Waals surface area contributed by atoms with Crippen LogP contribution in [0.2, 0.25) is 0 Å². The van der Waals surface area contributed by atoms with Gasteiger partial charge in [-0.25, -0.2) is 0 Å². The molecule has 5 nitrogen and oxygen atoms in total. The molecule has 0 radical (unpaired) electrons. The third-order valence-corrected chi connectivity index (χ3v) is 4.07. The van der Waals surface area contributed by atoms with Crippen molar-refractivity contribution >= 4 is 5.82 Å². The van der Waals surface area contributed by atoms with Crippen molar-refractivity contribution in [3.63, 3.8) is 0 Å². The van der Waals surface area contributed by atoms with Crippen molar-refractivity contribution in [2.45, 2.75) is 25.8 Å². The summed E-state index contributed by atoms with van der Waals surface area (Å²) in [5, 5.41) is 21.9. The number of hydrogen-bond donors (Lipinski definition) is 2. The van der Waals surface area contributed by atoms with Gasteiger partial charge in [-0.15, -0.1) is 10.2 Å². The maximum Gasteiger partial charge on any atom is 0.148 e. The topological polar surface area (TPSA) is 61.3 Å². The average Bonchev–Trinajstić information content (AvgIpc) is 2.51. The lowest BCUT2D eigenvalue weighted by Crippen LogP contribution is -2.39. The van der Waals surface area contributed by atoms with E-state index in [4.69, 9.17) is 0 Å². The van der Waals surface area contributed by atoms with Crippen molar-refractivity contribution in [3.8, 4) is 17.0 Å². The molecule has 1 aliphatic heterocycles. The van der Waals surface area contributed by atoms with Gasteiger partial charge in [0.25, 0.3) is 0 Å². The van der Waals surface area contributed by atoms with Gasteiger partial charge in [0, 0.05) is 18.2 Å². The lowest BCUT2D eigenvalue weighted by Gasteiger charge is -2.30. The summed E-state index contributed by atoms with van der Waals surface area (Å²) in [6.07, 6.45) is 2.36. The first kappa shape index (κ1) is 14.8. The molecule has 0 bridgehead atoms. The number of phenolic OH excluding ortho intramolecular Hbond substituents is 1. The highest BCUT2D eigenvalue weighted by Crippen LogP contribution is 2.28. The Labute approximate surface area is 131 Å². The summed E-state index contributed by atoms with van der Waals surface area (Å²) in [5.74, 6) is 1.02. The predicted octanol–water partition coefficient (Wildman–Crippen LogP) is 2.66. The molecule has 0 aliphatic carbocycles. The molecular formula is C17H22N4O. The minimum Gasteiger partial charge on any atom is -0.507 e. The molecule has 116 valence electrons. The Balaban J connectivity index is 1.74. The number of piperidine rings is 1. The molecule has 3 rings (SSSR count). The zero-order valence-corrected chi connectivity index (χ0v) is 13.1. The molecule has 0 amide bonds. The average molecular weight is 298 g/mol. The maximum atomic E-state index is 9.96. The molecule has 5 heteroatoms. The van der Waals surface area contributed by atoms with Crippen molar-refractivity contribution in [3.05, 3.63) is 35.9 Å². The lowest BCUT2D eigenvalue weighted by atomic mass is 10.1. The van der Waals surface area contributed by atoms with Crippen molar-refractivity contribution in [2.24, 2.45) is 0 Å². The molecule has 22 heavy (non-hydrogen) atoms. The third kappa shape index (κ3) is 3.36. The second-order valence-electron chi connectivity index (χ2n) is 6.07. The largest absolute Gasteiger partial charge is 0.507 e. The first-order valence-corrected chi connectivity index (χ1v) is 7.70. The van der Waals surface area contributed by atoms with Crippen LogP contribution in [-0.4, -0.2) is 46.4 Å². The number of benzene rings is 1. The van der Waals surface area contributed by atoms with Crippen LogP contribution in [0, 0.1) is 6.92 Å². The summed E-state index contributed by atoms with van der Waals surface area (Å²) in [4.78, 5) is 2.33. The SMILES string of the molecule is Cc1ccc(O)c(-c2ccc(N[C@@H]3CCCN(C)C3)nn2)c1. The summed E-state index contributed by atoms with van der Waals surface area (Å²) >= 11 is 0. The minimum atomic E-state index is 0.231. The number of rotatable bonds is 3. The quantitative estimate of drug-likeness (QED) is 0.912. The van der Waals surface area contributed by atoms with E-state index in [0.29, 0.717) is 11.7 Å².